The standard InChI is InChI=1S/C17H23NO4/c1-3-13-6-4-5-7-15(13)22-11-16(19)18-10-14(17(20)21)9-8-12(18)2/h4-7,12,14H,3,8-11H2,1-2H3,(H,20,21). The molecule has 0 aliphatic carbocycles. The van der Waals surface area contributed by atoms with Crippen molar-refractivity contribution in [3.63, 3.8) is 0 Å². The second-order valence-electron chi connectivity index (χ2n) is 5.76. The minimum atomic E-state index is -0.832. The van der Waals surface area contributed by atoms with E-state index in [-0.39, 0.29) is 25.1 Å². The molecule has 1 aromatic rings. The van der Waals surface area contributed by atoms with Gasteiger partial charge in [-0.25, -0.2) is 0 Å². The van der Waals surface area contributed by atoms with Crippen LogP contribution in [0.25, 0.3) is 0 Å². The molecule has 2 unspecified atom stereocenters. The van der Waals surface area contributed by atoms with E-state index < -0.39 is 11.9 Å². The number of hydrogen-bond donors (Lipinski definition) is 1. The van der Waals surface area contributed by atoms with Gasteiger partial charge < -0.3 is 14.7 Å². The second-order valence-corrected chi connectivity index (χ2v) is 5.76. The van der Waals surface area contributed by atoms with Gasteiger partial charge in [0.1, 0.15) is 5.75 Å². The number of benzene rings is 1. The number of piperidine rings is 1. The van der Waals surface area contributed by atoms with Gasteiger partial charge in [0, 0.05) is 12.6 Å². The van der Waals surface area contributed by atoms with E-state index >= 15 is 0 Å². The van der Waals surface area contributed by atoms with Crippen molar-refractivity contribution in [1.82, 2.24) is 4.90 Å². The lowest BCUT2D eigenvalue weighted by Gasteiger charge is -2.36. The number of ether oxygens (including phenoxy) is 1. The lowest BCUT2D eigenvalue weighted by Crippen LogP contribution is -2.49. The van der Waals surface area contributed by atoms with Crippen LogP contribution in [0, 0.1) is 5.92 Å². The first kappa shape index (κ1) is 16.3. The number of amides is 1. The van der Waals surface area contributed by atoms with Crippen LogP contribution in [0.2, 0.25) is 0 Å². The number of rotatable bonds is 5. The summed E-state index contributed by atoms with van der Waals surface area (Å²) in [5.74, 6) is -0.729. The van der Waals surface area contributed by atoms with Crippen LogP contribution >= 0.6 is 0 Å². The lowest BCUT2D eigenvalue weighted by molar-refractivity contribution is -0.147. The molecular formula is C17H23NO4. The highest BCUT2D eigenvalue weighted by molar-refractivity contribution is 5.79. The maximum Gasteiger partial charge on any atom is 0.308 e. The largest absolute Gasteiger partial charge is 0.483 e. The summed E-state index contributed by atoms with van der Waals surface area (Å²) in [6.07, 6.45) is 2.18. The Labute approximate surface area is 130 Å². The van der Waals surface area contributed by atoms with Crippen LogP contribution in [-0.4, -0.2) is 41.1 Å². The van der Waals surface area contributed by atoms with Crippen LogP contribution in [0.3, 0.4) is 0 Å². The second kappa shape index (κ2) is 7.29. The number of carbonyl (C=O) groups is 2. The minimum Gasteiger partial charge on any atom is -0.483 e. The molecule has 120 valence electrons. The predicted octanol–water partition coefficient (Wildman–Crippen LogP) is 2.34. The van der Waals surface area contributed by atoms with Crippen LogP contribution in [0.5, 0.6) is 5.75 Å². The van der Waals surface area contributed by atoms with E-state index in [1.165, 1.54) is 0 Å². The van der Waals surface area contributed by atoms with E-state index in [1.807, 2.05) is 38.1 Å². The average molecular weight is 305 g/mol. The number of carboxylic acids is 1. The third kappa shape index (κ3) is 3.78. The van der Waals surface area contributed by atoms with Gasteiger partial charge in [-0.15, -0.1) is 0 Å². The van der Waals surface area contributed by atoms with Crippen molar-refractivity contribution in [3.8, 4) is 5.75 Å². The summed E-state index contributed by atoms with van der Waals surface area (Å²) < 4.78 is 5.65. The Morgan fingerprint density at radius 2 is 2.05 bits per heavy atom. The first-order valence-corrected chi connectivity index (χ1v) is 7.76. The number of likely N-dealkylation sites (tertiary alicyclic amines) is 1. The Morgan fingerprint density at radius 3 is 2.73 bits per heavy atom. The third-order valence-electron chi connectivity index (χ3n) is 4.26. The van der Waals surface area contributed by atoms with Crippen molar-refractivity contribution in [1.29, 1.82) is 0 Å². The van der Waals surface area contributed by atoms with Crippen LogP contribution in [0.4, 0.5) is 0 Å². The Bertz CT molecular complexity index is 543. The van der Waals surface area contributed by atoms with Crippen molar-refractivity contribution in [2.24, 2.45) is 5.92 Å². The number of carbonyl (C=O) groups excluding carboxylic acids is 1. The number of aliphatic carboxylic acids is 1. The molecule has 1 heterocycles. The van der Waals surface area contributed by atoms with E-state index in [0.29, 0.717) is 12.8 Å². The fourth-order valence-electron chi connectivity index (χ4n) is 2.82. The zero-order valence-electron chi connectivity index (χ0n) is 13.1. The van der Waals surface area contributed by atoms with Gasteiger partial charge in [0.25, 0.3) is 5.91 Å². The SMILES string of the molecule is CCc1ccccc1OCC(=O)N1CC(C(=O)O)CCC1C. The molecule has 1 N–H and O–H groups in total. The van der Waals surface area contributed by atoms with E-state index in [2.05, 4.69) is 0 Å². The summed E-state index contributed by atoms with van der Waals surface area (Å²) in [6.45, 7) is 4.21. The molecule has 22 heavy (non-hydrogen) atoms. The molecule has 1 aliphatic rings. The molecule has 5 nitrogen and oxygen atoms in total. The van der Waals surface area contributed by atoms with Crippen LogP contribution in [0.15, 0.2) is 24.3 Å². The van der Waals surface area contributed by atoms with Crippen molar-refractivity contribution in [2.45, 2.75) is 39.2 Å². The maximum absolute atomic E-state index is 12.4. The zero-order chi connectivity index (χ0) is 16.1. The molecule has 0 saturated carbocycles. The van der Waals surface area contributed by atoms with Crippen molar-refractivity contribution in [2.75, 3.05) is 13.2 Å². The van der Waals surface area contributed by atoms with Gasteiger partial charge in [-0.05, 0) is 37.8 Å². The summed E-state index contributed by atoms with van der Waals surface area (Å²) in [5.41, 5.74) is 1.06. The molecule has 1 amide bonds. The molecule has 0 spiro atoms. The quantitative estimate of drug-likeness (QED) is 0.906. The minimum absolute atomic E-state index is 0.0479. The van der Waals surface area contributed by atoms with Gasteiger partial charge in [-0.2, -0.15) is 0 Å². The Hall–Kier alpha value is -2.04. The molecule has 0 bridgehead atoms. The molecule has 1 saturated heterocycles. The number of hydrogen-bond acceptors (Lipinski definition) is 3. The van der Waals surface area contributed by atoms with E-state index in [1.54, 1.807) is 4.90 Å². The number of nitrogens with zero attached hydrogens (tertiary/aromatic N) is 1. The fraction of sp³-hybridized carbons (Fsp3) is 0.529. The molecule has 0 aromatic heterocycles. The summed E-state index contributed by atoms with van der Waals surface area (Å²) in [7, 11) is 0. The maximum atomic E-state index is 12.4. The third-order valence-corrected chi connectivity index (χ3v) is 4.26. The van der Waals surface area contributed by atoms with E-state index in [4.69, 9.17) is 9.84 Å². The van der Waals surface area contributed by atoms with Crippen molar-refractivity contribution in [3.05, 3.63) is 29.8 Å². The summed E-state index contributed by atoms with van der Waals surface area (Å²) >= 11 is 0. The first-order valence-electron chi connectivity index (χ1n) is 7.76. The van der Waals surface area contributed by atoms with Gasteiger partial charge in [0.2, 0.25) is 0 Å². The Morgan fingerprint density at radius 1 is 1.32 bits per heavy atom. The van der Waals surface area contributed by atoms with Gasteiger partial charge in [-0.3, -0.25) is 9.59 Å². The van der Waals surface area contributed by atoms with Crippen molar-refractivity contribution < 1.29 is 19.4 Å². The molecule has 2 rings (SSSR count). The highest BCUT2D eigenvalue weighted by atomic mass is 16.5. The number of carboxylic acid groups (broad SMARTS) is 1. The summed E-state index contributed by atoms with van der Waals surface area (Å²) in [5, 5.41) is 9.13. The predicted molar refractivity (Wildman–Crippen MR) is 82.8 cm³/mol. The molecular weight excluding hydrogens is 282 g/mol. The highest BCUT2D eigenvalue weighted by Gasteiger charge is 2.32. The smallest absolute Gasteiger partial charge is 0.308 e. The molecule has 2 atom stereocenters. The van der Waals surface area contributed by atoms with E-state index in [9.17, 15) is 9.59 Å². The molecule has 1 fully saturated rings. The van der Waals surface area contributed by atoms with Gasteiger partial charge in [0.05, 0.1) is 5.92 Å². The zero-order valence-corrected chi connectivity index (χ0v) is 13.1. The fourth-order valence-corrected chi connectivity index (χ4v) is 2.82. The summed E-state index contributed by atoms with van der Waals surface area (Å²) in [6, 6.07) is 7.71. The number of para-hydroxylation sites is 1. The molecule has 1 aliphatic heterocycles. The van der Waals surface area contributed by atoms with Gasteiger partial charge in [0.15, 0.2) is 6.61 Å². The Balaban J connectivity index is 1.97. The van der Waals surface area contributed by atoms with E-state index in [0.717, 1.165) is 17.7 Å². The van der Waals surface area contributed by atoms with Crippen LogP contribution < -0.4 is 4.74 Å². The number of aryl methyl sites for hydroxylation is 1. The summed E-state index contributed by atoms with van der Waals surface area (Å²) in [4.78, 5) is 25.1. The highest BCUT2D eigenvalue weighted by Crippen LogP contribution is 2.23. The lowest BCUT2D eigenvalue weighted by atomic mass is 9.93. The molecule has 0 radical (unpaired) electrons. The monoisotopic (exact) mass is 305 g/mol. The Kier molecular flexibility index (Phi) is 5.41. The first-order chi connectivity index (χ1) is 10.5. The van der Waals surface area contributed by atoms with Crippen LogP contribution in [0.1, 0.15) is 32.3 Å². The van der Waals surface area contributed by atoms with Crippen LogP contribution in [-0.2, 0) is 16.0 Å². The van der Waals surface area contributed by atoms with Gasteiger partial charge >= 0.3 is 5.97 Å². The average Bonchev–Trinajstić information content (AvgIpc) is 2.53. The normalized spacial score (nSPS) is 21.5. The molecule has 5 heteroatoms. The topological polar surface area (TPSA) is 66.8 Å². The van der Waals surface area contributed by atoms with Gasteiger partial charge in [-0.1, -0.05) is 25.1 Å². The molecule has 1 aromatic carbocycles. The van der Waals surface area contributed by atoms with Crippen molar-refractivity contribution >= 4 is 11.9 Å².